The number of rotatable bonds is 5. The van der Waals surface area contributed by atoms with Crippen molar-refractivity contribution in [3.63, 3.8) is 0 Å². The third-order valence-electron chi connectivity index (χ3n) is 3.12. The summed E-state index contributed by atoms with van der Waals surface area (Å²) in [4.78, 5) is 11.8. The Morgan fingerprint density at radius 2 is 2.42 bits per heavy atom. The van der Waals surface area contributed by atoms with Gasteiger partial charge < -0.3 is 15.8 Å². The maximum absolute atomic E-state index is 11.8. The Bertz CT molecular complexity index is 445. The third kappa shape index (κ3) is 4.44. The topological polar surface area (TPSA) is 64.3 Å². The van der Waals surface area contributed by atoms with Crippen LogP contribution in [0.2, 0.25) is 0 Å². The van der Waals surface area contributed by atoms with E-state index in [9.17, 15) is 4.79 Å². The SMILES string of the molecule is Cc1ccc(NC(=O)CSCC2CCCO2)cc1N. The summed E-state index contributed by atoms with van der Waals surface area (Å²) in [6.07, 6.45) is 2.58. The number of hydrogen-bond donors (Lipinski definition) is 2. The molecule has 1 saturated heterocycles. The van der Waals surface area contributed by atoms with Crippen LogP contribution in [0.5, 0.6) is 0 Å². The van der Waals surface area contributed by atoms with Crippen molar-refractivity contribution in [2.45, 2.75) is 25.9 Å². The van der Waals surface area contributed by atoms with Crippen molar-refractivity contribution in [3.05, 3.63) is 23.8 Å². The molecule has 1 amide bonds. The number of anilines is 2. The van der Waals surface area contributed by atoms with Crippen molar-refractivity contribution in [1.29, 1.82) is 0 Å². The lowest BCUT2D eigenvalue weighted by molar-refractivity contribution is -0.113. The zero-order valence-corrected chi connectivity index (χ0v) is 12.0. The van der Waals surface area contributed by atoms with Crippen LogP contribution in [0.1, 0.15) is 18.4 Å². The molecule has 2 rings (SSSR count). The minimum absolute atomic E-state index is 0.00579. The first-order chi connectivity index (χ1) is 9.15. The zero-order valence-electron chi connectivity index (χ0n) is 11.1. The predicted octanol–water partition coefficient (Wildman–Crippen LogP) is 2.43. The molecule has 0 radical (unpaired) electrons. The molecular weight excluding hydrogens is 260 g/mol. The number of nitrogen functional groups attached to an aromatic ring is 1. The van der Waals surface area contributed by atoms with Crippen LogP contribution in [0.3, 0.4) is 0 Å². The number of ether oxygens (including phenoxy) is 1. The predicted molar refractivity (Wildman–Crippen MR) is 80.5 cm³/mol. The largest absolute Gasteiger partial charge is 0.398 e. The van der Waals surface area contributed by atoms with E-state index in [0.717, 1.165) is 36.5 Å². The first-order valence-electron chi connectivity index (χ1n) is 6.50. The second-order valence-electron chi connectivity index (χ2n) is 4.77. The van der Waals surface area contributed by atoms with Crippen molar-refractivity contribution < 1.29 is 9.53 Å². The number of benzene rings is 1. The van der Waals surface area contributed by atoms with Crippen LogP contribution < -0.4 is 11.1 Å². The Balaban J connectivity index is 1.72. The average molecular weight is 280 g/mol. The molecule has 1 fully saturated rings. The Kier molecular flexibility index (Phi) is 5.10. The maximum Gasteiger partial charge on any atom is 0.234 e. The maximum atomic E-state index is 11.8. The molecule has 1 aliphatic heterocycles. The Morgan fingerprint density at radius 1 is 1.58 bits per heavy atom. The first kappa shape index (κ1) is 14.2. The summed E-state index contributed by atoms with van der Waals surface area (Å²) in [7, 11) is 0. The molecule has 1 unspecified atom stereocenters. The fraction of sp³-hybridized carbons (Fsp3) is 0.500. The molecule has 0 spiro atoms. The van der Waals surface area contributed by atoms with Crippen molar-refractivity contribution in [2.75, 3.05) is 29.2 Å². The van der Waals surface area contributed by atoms with Gasteiger partial charge in [-0.2, -0.15) is 0 Å². The van der Waals surface area contributed by atoms with E-state index in [2.05, 4.69) is 5.32 Å². The van der Waals surface area contributed by atoms with Crippen molar-refractivity contribution >= 4 is 29.0 Å². The van der Waals surface area contributed by atoms with E-state index in [4.69, 9.17) is 10.5 Å². The van der Waals surface area contributed by atoms with E-state index >= 15 is 0 Å². The van der Waals surface area contributed by atoms with Gasteiger partial charge in [0.05, 0.1) is 11.9 Å². The average Bonchev–Trinajstić information content (AvgIpc) is 2.87. The number of nitrogens with two attached hydrogens (primary N) is 1. The van der Waals surface area contributed by atoms with Crippen molar-refractivity contribution in [2.24, 2.45) is 0 Å². The van der Waals surface area contributed by atoms with E-state index in [1.807, 2.05) is 19.1 Å². The van der Waals surface area contributed by atoms with Gasteiger partial charge >= 0.3 is 0 Å². The monoisotopic (exact) mass is 280 g/mol. The quantitative estimate of drug-likeness (QED) is 0.813. The van der Waals surface area contributed by atoms with Crippen LogP contribution in [-0.4, -0.2) is 30.1 Å². The highest BCUT2D eigenvalue weighted by molar-refractivity contribution is 8.00. The van der Waals surface area contributed by atoms with E-state index < -0.39 is 0 Å². The zero-order chi connectivity index (χ0) is 13.7. The smallest absolute Gasteiger partial charge is 0.234 e. The lowest BCUT2D eigenvalue weighted by atomic mass is 10.2. The second-order valence-corrected chi connectivity index (χ2v) is 5.80. The normalized spacial score (nSPS) is 18.5. The van der Waals surface area contributed by atoms with Gasteiger partial charge in [0.1, 0.15) is 0 Å². The molecule has 1 aromatic carbocycles. The number of nitrogens with one attached hydrogen (secondary N) is 1. The molecule has 1 aliphatic rings. The molecule has 1 atom stereocenters. The summed E-state index contributed by atoms with van der Waals surface area (Å²) in [5.74, 6) is 1.35. The van der Waals surface area contributed by atoms with Gasteiger partial charge in [0.15, 0.2) is 0 Å². The molecular formula is C14H20N2O2S. The third-order valence-corrected chi connectivity index (χ3v) is 4.20. The lowest BCUT2D eigenvalue weighted by Crippen LogP contribution is -2.16. The molecule has 1 heterocycles. The van der Waals surface area contributed by atoms with Gasteiger partial charge in [-0.15, -0.1) is 11.8 Å². The van der Waals surface area contributed by atoms with Crippen molar-refractivity contribution in [1.82, 2.24) is 0 Å². The van der Waals surface area contributed by atoms with E-state index in [1.54, 1.807) is 17.8 Å². The van der Waals surface area contributed by atoms with Gasteiger partial charge in [0.2, 0.25) is 5.91 Å². The summed E-state index contributed by atoms with van der Waals surface area (Å²) >= 11 is 1.62. The summed E-state index contributed by atoms with van der Waals surface area (Å²) in [6.45, 7) is 2.80. The minimum atomic E-state index is 0.00579. The van der Waals surface area contributed by atoms with E-state index in [-0.39, 0.29) is 5.91 Å². The number of thioether (sulfide) groups is 1. The van der Waals surface area contributed by atoms with Crippen LogP contribution in [-0.2, 0) is 9.53 Å². The number of carbonyl (C=O) groups is 1. The molecule has 104 valence electrons. The summed E-state index contributed by atoms with van der Waals surface area (Å²) in [6, 6.07) is 5.57. The van der Waals surface area contributed by atoms with E-state index in [0.29, 0.717) is 17.5 Å². The fourth-order valence-electron chi connectivity index (χ4n) is 1.97. The van der Waals surface area contributed by atoms with Crippen molar-refractivity contribution in [3.8, 4) is 0 Å². The molecule has 5 heteroatoms. The van der Waals surface area contributed by atoms with Gasteiger partial charge in [-0.05, 0) is 37.5 Å². The highest BCUT2D eigenvalue weighted by atomic mass is 32.2. The van der Waals surface area contributed by atoms with Crippen LogP contribution in [0.4, 0.5) is 11.4 Å². The standard InChI is InChI=1S/C14H20N2O2S/c1-10-4-5-11(7-13(10)15)16-14(17)9-19-8-12-3-2-6-18-12/h4-5,7,12H,2-3,6,8-9,15H2,1H3,(H,16,17). The summed E-state index contributed by atoms with van der Waals surface area (Å²) in [5, 5.41) is 2.85. The van der Waals surface area contributed by atoms with Gasteiger partial charge in [-0.25, -0.2) is 0 Å². The minimum Gasteiger partial charge on any atom is -0.398 e. The van der Waals surface area contributed by atoms with Gasteiger partial charge in [-0.3, -0.25) is 4.79 Å². The first-order valence-corrected chi connectivity index (χ1v) is 7.66. The van der Waals surface area contributed by atoms with Gasteiger partial charge in [0, 0.05) is 23.7 Å². The van der Waals surface area contributed by atoms with Crippen LogP contribution in [0.15, 0.2) is 18.2 Å². The Morgan fingerprint density at radius 3 is 3.11 bits per heavy atom. The molecule has 0 bridgehead atoms. The lowest BCUT2D eigenvalue weighted by Gasteiger charge is -2.09. The Hall–Kier alpha value is -1.20. The number of aryl methyl sites for hydroxylation is 1. The Labute approximate surface area is 118 Å². The molecule has 19 heavy (non-hydrogen) atoms. The second kappa shape index (κ2) is 6.82. The summed E-state index contributed by atoms with van der Waals surface area (Å²) in [5.41, 5.74) is 8.28. The van der Waals surface area contributed by atoms with Crippen LogP contribution in [0.25, 0.3) is 0 Å². The molecule has 4 nitrogen and oxygen atoms in total. The number of carbonyl (C=O) groups excluding carboxylic acids is 1. The molecule has 0 saturated carbocycles. The molecule has 0 aromatic heterocycles. The van der Waals surface area contributed by atoms with E-state index in [1.165, 1.54) is 0 Å². The van der Waals surface area contributed by atoms with Crippen LogP contribution >= 0.6 is 11.8 Å². The molecule has 0 aliphatic carbocycles. The summed E-state index contributed by atoms with van der Waals surface area (Å²) < 4.78 is 5.51. The molecule has 1 aromatic rings. The van der Waals surface area contributed by atoms with Crippen LogP contribution in [0, 0.1) is 6.92 Å². The fourth-order valence-corrected chi connectivity index (χ4v) is 2.88. The molecule has 3 N–H and O–H groups in total. The highest BCUT2D eigenvalue weighted by Crippen LogP contribution is 2.19. The number of amides is 1. The van der Waals surface area contributed by atoms with Gasteiger partial charge in [-0.1, -0.05) is 6.07 Å². The highest BCUT2D eigenvalue weighted by Gasteiger charge is 2.15. The van der Waals surface area contributed by atoms with Gasteiger partial charge in [0.25, 0.3) is 0 Å². The number of hydrogen-bond acceptors (Lipinski definition) is 4.